The molecule has 1 aliphatic rings. The Labute approximate surface area is 114 Å². The van der Waals surface area contributed by atoms with E-state index in [2.05, 4.69) is 21.8 Å². The Kier molecular flexibility index (Phi) is 4.96. The molecule has 0 radical (unpaired) electrons. The fourth-order valence-electron chi connectivity index (χ4n) is 2.66. The fraction of sp³-hybridized carbons (Fsp3) is 0.714. The second-order valence-electron chi connectivity index (χ2n) is 5.27. The van der Waals surface area contributed by atoms with Gasteiger partial charge in [-0.3, -0.25) is 4.79 Å². The van der Waals surface area contributed by atoms with Crippen molar-refractivity contribution in [3.63, 3.8) is 0 Å². The Morgan fingerprint density at radius 3 is 3.16 bits per heavy atom. The summed E-state index contributed by atoms with van der Waals surface area (Å²) in [5.41, 5.74) is 0. The summed E-state index contributed by atoms with van der Waals surface area (Å²) in [7, 11) is 0. The van der Waals surface area contributed by atoms with Gasteiger partial charge in [0.2, 0.25) is 5.91 Å². The molecule has 0 bridgehead atoms. The molecule has 5 heteroatoms. The van der Waals surface area contributed by atoms with Crippen LogP contribution in [0.15, 0.2) is 12.4 Å². The van der Waals surface area contributed by atoms with E-state index in [4.69, 9.17) is 0 Å². The van der Waals surface area contributed by atoms with Crippen LogP contribution in [-0.4, -0.2) is 26.7 Å². The van der Waals surface area contributed by atoms with E-state index in [1.807, 2.05) is 6.20 Å². The molecule has 19 heavy (non-hydrogen) atoms. The molecule has 0 spiro atoms. The average Bonchev–Trinajstić information content (AvgIpc) is 2.84. The number of rotatable bonds is 5. The molecule has 5 nitrogen and oxygen atoms in total. The first-order valence-electron chi connectivity index (χ1n) is 7.16. The first-order valence-corrected chi connectivity index (χ1v) is 7.16. The van der Waals surface area contributed by atoms with E-state index < -0.39 is 0 Å². The maximum atomic E-state index is 12.0. The van der Waals surface area contributed by atoms with Gasteiger partial charge in [0, 0.05) is 24.9 Å². The lowest BCUT2D eigenvalue weighted by atomic mass is 9.87. The molecule has 0 unspecified atom stereocenters. The van der Waals surface area contributed by atoms with Crippen molar-refractivity contribution < 1.29 is 9.90 Å². The molecule has 2 atom stereocenters. The Morgan fingerprint density at radius 1 is 1.58 bits per heavy atom. The lowest BCUT2D eigenvalue weighted by Crippen LogP contribution is -2.35. The number of nitrogens with one attached hydrogen (secondary N) is 1. The second-order valence-corrected chi connectivity index (χ2v) is 5.27. The molecular weight excluding hydrogens is 242 g/mol. The quantitative estimate of drug-likeness (QED) is 0.847. The number of aromatic nitrogens is 2. The van der Waals surface area contributed by atoms with E-state index in [1.165, 1.54) is 0 Å². The average molecular weight is 265 g/mol. The SMILES string of the molecule is CCCn1ccnc1CNC(=O)[C@H]1CCC[C@H](O)C1. The summed E-state index contributed by atoms with van der Waals surface area (Å²) in [6.45, 7) is 3.51. The zero-order valence-corrected chi connectivity index (χ0v) is 11.5. The lowest BCUT2D eigenvalue weighted by molar-refractivity contribution is -0.127. The highest BCUT2D eigenvalue weighted by Gasteiger charge is 2.25. The van der Waals surface area contributed by atoms with Crippen molar-refractivity contribution in [3.05, 3.63) is 18.2 Å². The Morgan fingerprint density at radius 2 is 2.42 bits per heavy atom. The van der Waals surface area contributed by atoms with Crippen molar-refractivity contribution >= 4 is 5.91 Å². The number of aliphatic hydroxyl groups is 1. The largest absolute Gasteiger partial charge is 0.393 e. The third kappa shape index (κ3) is 3.80. The molecule has 1 amide bonds. The van der Waals surface area contributed by atoms with E-state index in [0.717, 1.165) is 38.1 Å². The zero-order valence-electron chi connectivity index (χ0n) is 11.5. The molecule has 1 saturated carbocycles. The van der Waals surface area contributed by atoms with Crippen LogP contribution in [0.1, 0.15) is 44.9 Å². The molecule has 1 heterocycles. The second kappa shape index (κ2) is 6.70. The summed E-state index contributed by atoms with van der Waals surface area (Å²) < 4.78 is 2.07. The first-order chi connectivity index (χ1) is 9.20. The third-order valence-electron chi connectivity index (χ3n) is 3.70. The number of imidazole rings is 1. The number of nitrogens with zero attached hydrogens (tertiary/aromatic N) is 2. The highest BCUT2D eigenvalue weighted by molar-refractivity contribution is 5.78. The summed E-state index contributed by atoms with van der Waals surface area (Å²) in [5.74, 6) is 0.898. The standard InChI is InChI=1S/C14H23N3O2/c1-2-7-17-8-6-15-13(17)10-16-14(19)11-4-3-5-12(18)9-11/h6,8,11-12,18H,2-5,7,9-10H2,1H3,(H,16,19)/t11-,12-/m0/s1. The maximum absolute atomic E-state index is 12.0. The van der Waals surface area contributed by atoms with Gasteiger partial charge >= 0.3 is 0 Å². The van der Waals surface area contributed by atoms with E-state index >= 15 is 0 Å². The molecule has 1 fully saturated rings. The number of carbonyl (C=O) groups excluding carboxylic acids is 1. The molecule has 106 valence electrons. The molecule has 1 aliphatic carbocycles. The van der Waals surface area contributed by atoms with Crippen LogP contribution >= 0.6 is 0 Å². The van der Waals surface area contributed by atoms with Crippen LogP contribution in [0.3, 0.4) is 0 Å². The maximum Gasteiger partial charge on any atom is 0.223 e. The van der Waals surface area contributed by atoms with E-state index in [0.29, 0.717) is 13.0 Å². The fourth-order valence-corrected chi connectivity index (χ4v) is 2.66. The van der Waals surface area contributed by atoms with Crippen LogP contribution in [0.2, 0.25) is 0 Å². The van der Waals surface area contributed by atoms with E-state index in [-0.39, 0.29) is 17.9 Å². The predicted octanol–water partition coefficient (Wildman–Crippen LogP) is 1.46. The molecular formula is C14H23N3O2. The van der Waals surface area contributed by atoms with Crippen LogP contribution in [0.4, 0.5) is 0 Å². The number of carbonyl (C=O) groups is 1. The first kappa shape index (κ1) is 14.1. The Hall–Kier alpha value is -1.36. The van der Waals surface area contributed by atoms with Gasteiger partial charge in [0.25, 0.3) is 0 Å². The molecule has 0 aromatic carbocycles. The van der Waals surface area contributed by atoms with Gasteiger partial charge < -0.3 is 15.0 Å². The molecule has 1 aromatic rings. The van der Waals surface area contributed by atoms with Gasteiger partial charge in [-0.2, -0.15) is 0 Å². The number of amides is 1. The summed E-state index contributed by atoms with van der Waals surface area (Å²) >= 11 is 0. The van der Waals surface area contributed by atoms with Crippen LogP contribution in [-0.2, 0) is 17.9 Å². The molecule has 2 rings (SSSR count). The zero-order chi connectivity index (χ0) is 13.7. The van der Waals surface area contributed by atoms with Crippen LogP contribution < -0.4 is 5.32 Å². The van der Waals surface area contributed by atoms with Gasteiger partial charge in [-0.1, -0.05) is 13.3 Å². The topological polar surface area (TPSA) is 67.2 Å². The van der Waals surface area contributed by atoms with Gasteiger partial charge in [-0.05, 0) is 25.7 Å². The van der Waals surface area contributed by atoms with Crippen LogP contribution in [0.5, 0.6) is 0 Å². The third-order valence-corrected chi connectivity index (χ3v) is 3.70. The highest BCUT2D eigenvalue weighted by Crippen LogP contribution is 2.24. The van der Waals surface area contributed by atoms with Crippen LogP contribution in [0.25, 0.3) is 0 Å². The minimum absolute atomic E-state index is 0.0432. The molecule has 1 aromatic heterocycles. The van der Waals surface area contributed by atoms with E-state index in [1.54, 1.807) is 6.20 Å². The van der Waals surface area contributed by atoms with Gasteiger partial charge in [-0.25, -0.2) is 4.98 Å². The van der Waals surface area contributed by atoms with Crippen molar-refractivity contribution in [2.45, 2.75) is 58.2 Å². The Bertz CT molecular complexity index is 417. The van der Waals surface area contributed by atoms with Gasteiger partial charge in [0.1, 0.15) is 5.82 Å². The molecule has 2 N–H and O–H groups in total. The Balaban J connectivity index is 1.84. The van der Waals surface area contributed by atoms with Gasteiger partial charge in [-0.15, -0.1) is 0 Å². The summed E-state index contributed by atoms with van der Waals surface area (Å²) in [6, 6.07) is 0. The minimum Gasteiger partial charge on any atom is -0.393 e. The monoisotopic (exact) mass is 265 g/mol. The van der Waals surface area contributed by atoms with Crippen molar-refractivity contribution in [1.82, 2.24) is 14.9 Å². The summed E-state index contributed by atoms with van der Waals surface area (Å²) in [5, 5.41) is 12.5. The number of aryl methyl sites for hydroxylation is 1. The smallest absolute Gasteiger partial charge is 0.223 e. The van der Waals surface area contributed by atoms with Gasteiger partial charge in [0.05, 0.1) is 12.6 Å². The number of hydrogen-bond acceptors (Lipinski definition) is 3. The van der Waals surface area contributed by atoms with Crippen molar-refractivity contribution in [3.8, 4) is 0 Å². The minimum atomic E-state index is -0.313. The van der Waals surface area contributed by atoms with Crippen molar-refractivity contribution in [2.24, 2.45) is 5.92 Å². The van der Waals surface area contributed by atoms with Crippen molar-refractivity contribution in [2.75, 3.05) is 0 Å². The van der Waals surface area contributed by atoms with Crippen LogP contribution in [0, 0.1) is 5.92 Å². The summed E-state index contributed by atoms with van der Waals surface area (Å²) in [4.78, 5) is 16.3. The molecule has 0 aliphatic heterocycles. The van der Waals surface area contributed by atoms with E-state index in [9.17, 15) is 9.90 Å². The highest BCUT2D eigenvalue weighted by atomic mass is 16.3. The predicted molar refractivity (Wildman–Crippen MR) is 72.3 cm³/mol. The summed E-state index contributed by atoms with van der Waals surface area (Å²) in [6.07, 6.45) is 7.67. The number of hydrogen-bond donors (Lipinski definition) is 2. The molecule has 0 saturated heterocycles. The lowest BCUT2D eigenvalue weighted by Gasteiger charge is -2.24. The number of aliphatic hydroxyl groups excluding tert-OH is 1. The normalized spacial score (nSPS) is 23.3. The van der Waals surface area contributed by atoms with Gasteiger partial charge in [0.15, 0.2) is 0 Å². The van der Waals surface area contributed by atoms with Crippen molar-refractivity contribution in [1.29, 1.82) is 0 Å².